The maximum atomic E-state index is 5.47. The maximum absolute atomic E-state index is 5.47. The van der Waals surface area contributed by atoms with Gasteiger partial charge < -0.3 is 10.1 Å². The zero-order valence-corrected chi connectivity index (χ0v) is 14.3. The van der Waals surface area contributed by atoms with Crippen LogP contribution in [0.1, 0.15) is 18.7 Å². The fourth-order valence-corrected chi connectivity index (χ4v) is 4.28. The van der Waals surface area contributed by atoms with Crippen molar-refractivity contribution in [2.24, 2.45) is 0 Å². The molecule has 0 saturated carbocycles. The van der Waals surface area contributed by atoms with Crippen molar-refractivity contribution in [3.63, 3.8) is 0 Å². The van der Waals surface area contributed by atoms with E-state index in [9.17, 15) is 0 Å². The van der Waals surface area contributed by atoms with Crippen LogP contribution in [0.15, 0.2) is 15.9 Å². The molecule has 1 fully saturated rings. The Morgan fingerprint density at radius 1 is 1.47 bits per heavy atom. The first-order chi connectivity index (χ1) is 9.05. The molecule has 1 aromatic heterocycles. The molecule has 2 heterocycles. The van der Waals surface area contributed by atoms with Gasteiger partial charge in [-0.25, -0.2) is 0 Å². The fourth-order valence-electron chi connectivity index (χ4n) is 2.72. The van der Waals surface area contributed by atoms with Crippen LogP contribution in [0.25, 0.3) is 0 Å². The Bertz CT molecular complexity index is 402. The van der Waals surface area contributed by atoms with E-state index in [0.29, 0.717) is 6.04 Å². The predicted molar refractivity (Wildman–Crippen MR) is 85.0 cm³/mol. The van der Waals surface area contributed by atoms with E-state index in [0.717, 1.165) is 32.7 Å². The van der Waals surface area contributed by atoms with Gasteiger partial charge in [0.05, 0.1) is 13.2 Å². The summed E-state index contributed by atoms with van der Waals surface area (Å²) in [5.74, 6) is 0. The number of thiophene rings is 1. The zero-order chi connectivity index (χ0) is 13.9. The lowest BCUT2D eigenvalue weighted by atomic mass is 9.89. The molecule has 0 bridgehead atoms. The second-order valence-corrected chi connectivity index (χ2v) is 7.35. The number of hydrogen-bond acceptors (Lipinski definition) is 4. The van der Waals surface area contributed by atoms with Gasteiger partial charge in [-0.3, -0.25) is 4.90 Å². The lowest BCUT2D eigenvalue weighted by Gasteiger charge is -2.45. The topological polar surface area (TPSA) is 24.5 Å². The summed E-state index contributed by atoms with van der Waals surface area (Å²) in [5.41, 5.74) is 0.127. The van der Waals surface area contributed by atoms with Crippen molar-refractivity contribution < 1.29 is 4.74 Å². The molecule has 1 saturated heterocycles. The van der Waals surface area contributed by atoms with Gasteiger partial charge in [-0.15, -0.1) is 11.3 Å². The van der Waals surface area contributed by atoms with E-state index in [-0.39, 0.29) is 5.54 Å². The smallest absolute Gasteiger partial charge is 0.0594 e. The quantitative estimate of drug-likeness (QED) is 0.887. The zero-order valence-electron chi connectivity index (χ0n) is 11.9. The molecule has 0 radical (unpaired) electrons. The lowest BCUT2D eigenvalue weighted by molar-refractivity contribution is -0.0223. The van der Waals surface area contributed by atoms with Gasteiger partial charge >= 0.3 is 0 Å². The highest BCUT2D eigenvalue weighted by Crippen LogP contribution is 2.29. The van der Waals surface area contributed by atoms with Crippen molar-refractivity contribution in [1.82, 2.24) is 10.2 Å². The van der Waals surface area contributed by atoms with E-state index in [1.165, 1.54) is 9.35 Å². The molecule has 0 amide bonds. The van der Waals surface area contributed by atoms with Crippen molar-refractivity contribution in [1.29, 1.82) is 0 Å². The Kier molecular flexibility index (Phi) is 5.43. The molecule has 0 aromatic carbocycles. The van der Waals surface area contributed by atoms with E-state index in [4.69, 9.17) is 4.74 Å². The summed E-state index contributed by atoms with van der Waals surface area (Å²) in [6.07, 6.45) is 1.05. The first kappa shape index (κ1) is 15.4. The number of likely N-dealkylation sites (N-methyl/N-ethyl adjacent to an activating group) is 1. The number of hydrogen-bond donors (Lipinski definition) is 1. The molecule has 2 rings (SSSR count). The van der Waals surface area contributed by atoms with Crippen LogP contribution < -0.4 is 5.32 Å². The molecule has 1 unspecified atom stereocenters. The Balaban J connectivity index is 2.08. The van der Waals surface area contributed by atoms with Crippen molar-refractivity contribution in [2.45, 2.75) is 31.8 Å². The van der Waals surface area contributed by atoms with Crippen LogP contribution in [0.2, 0.25) is 0 Å². The standard InChI is InChI=1S/C14H23BrN2OS/c1-14(2,17-5-7-18-8-6-17)13(16-3)10-12-11(15)4-9-19-12/h4,9,13,16H,5-8,10H2,1-3H3. The third kappa shape index (κ3) is 3.58. The predicted octanol–water partition coefficient (Wildman–Crippen LogP) is 2.75. The van der Waals surface area contributed by atoms with E-state index < -0.39 is 0 Å². The second-order valence-electron chi connectivity index (χ2n) is 5.49. The number of nitrogens with one attached hydrogen (secondary N) is 1. The van der Waals surface area contributed by atoms with E-state index in [2.05, 4.69) is 58.5 Å². The largest absolute Gasteiger partial charge is 0.379 e. The average molecular weight is 347 g/mol. The molecule has 1 N–H and O–H groups in total. The van der Waals surface area contributed by atoms with Gasteiger partial charge in [-0.2, -0.15) is 0 Å². The normalized spacial score (nSPS) is 19.6. The van der Waals surface area contributed by atoms with Crippen LogP contribution in [0.3, 0.4) is 0 Å². The van der Waals surface area contributed by atoms with Crippen LogP contribution in [0.5, 0.6) is 0 Å². The highest BCUT2D eigenvalue weighted by molar-refractivity contribution is 9.10. The van der Waals surface area contributed by atoms with Gasteiger partial charge in [-0.05, 0) is 54.7 Å². The van der Waals surface area contributed by atoms with E-state index in [1.54, 1.807) is 0 Å². The highest BCUT2D eigenvalue weighted by Gasteiger charge is 2.35. The van der Waals surface area contributed by atoms with Gasteiger partial charge in [0.1, 0.15) is 0 Å². The molecule has 1 aliphatic rings. The number of halogens is 1. The summed E-state index contributed by atoms with van der Waals surface area (Å²) in [6, 6.07) is 2.56. The van der Waals surface area contributed by atoms with Crippen molar-refractivity contribution in [3.8, 4) is 0 Å². The lowest BCUT2D eigenvalue weighted by Crippen LogP contribution is -2.60. The average Bonchev–Trinajstić information content (AvgIpc) is 2.82. The van der Waals surface area contributed by atoms with Crippen molar-refractivity contribution >= 4 is 27.3 Å². The summed E-state index contributed by atoms with van der Waals surface area (Å²) in [6.45, 7) is 8.42. The first-order valence-corrected chi connectivity index (χ1v) is 8.45. The molecular weight excluding hydrogens is 324 g/mol. The SMILES string of the molecule is CNC(Cc1sccc1Br)C(C)(C)N1CCOCC1. The Hall–Kier alpha value is 0.0600. The molecule has 3 nitrogen and oxygen atoms in total. The summed E-state index contributed by atoms with van der Waals surface area (Å²) in [5, 5.41) is 5.66. The minimum Gasteiger partial charge on any atom is -0.379 e. The highest BCUT2D eigenvalue weighted by atomic mass is 79.9. The monoisotopic (exact) mass is 346 g/mol. The molecule has 1 aromatic rings. The number of ether oxygens (including phenoxy) is 1. The molecule has 1 aliphatic heterocycles. The number of morpholine rings is 1. The summed E-state index contributed by atoms with van der Waals surface area (Å²) in [4.78, 5) is 3.96. The third-order valence-electron chi connectivity index (χ3n) is 4.11. The summed E-state index contributed by atoms with van der Waals surface area (Å²) >= 11 is 5.46. The van der Waals surface area contributed by atoms with Crippen LogP contribution in [0.4, 0.5) is 0 Å². The minimum absolute atomic E-state index is 0.127. The summed E-state index contributed by atoms with van der Waals surface area (Å²) < 4.78 is 6.70. The minimum atomic E-state index is 0.127. The van der Waals surface area contributed by atoms with Gasteiger partial charge in [0, 0.05) is 34.0 Å². The third-order valence-corrected chi connectivity index (χ3v) is 6.06. The fraction of sp³-hybridized carbons (Fsp3) is 0.714. The molecule has 1 atom stereocenters. The Morgan fingerprint density at radius 3 is 2.68 bits per heavy atom. The number of nitrogens with zero attached hydrogens (tertiary/aromatic N) is 1. The molecule has 19 heavy (non-hydrogen) atoms. The van der Waals surface area contributed by atoms with Crippen LogP contribution in [0, 0.1) is 0 Å². The van der Waals surface area contributed by atoms with E-state index >= 15 is 0 Å². The molecule has 0 spiro atoms. The van der Waals surface area contributed by atoms with Gasteiger partial charge in [0.25, 0.3) is 0 Å². The van der Waals surface area contributed by atoms with Crippen LogP contribution >= 0.6 is 27.3 Å². The van der Waals surface area contributed by atoms with Crippen molar-refractivity contribution in [3.05, 3.63) is 20.8 Å². The Morgan fingerprint density at radius 2 is 2.16 bits per heavy atom. The first-order valence-electron chi connectivity index (χ1n) is 6.77. The summed E-state index contributed by atoms with van der Waals surface area (Å²) in [7, 11) is 2.06. The maximum Gasteiger partial charge on any atom is 0.0594 e. The number of rotatable bonds is 5. The van der Waals surface area contributed by atoms with Gasteiger partial charge in [0.2, 0.25) is 0 Å². The van der Waals surface area contributed by atoms with Gasteiger partial charge in [-0.1, -0.05) is 0 Å². The molecule has 5 heteroatoms. The van der Waals surface area contributed by atoms with Crippen molar-refractivity contribution in [2.75, 3.05) is 33.4 Å². The molecular formula is C14H23BrN2OS. The molecule has 108 valence electrons. The molecule has 0 aliphatic carbocycles. The van der Waals surface area contributed by atoms with Crippen LogP contribution in [-0.2, 0) is 11.2 Å². The Labute approximate surface area is 128 Å². The van der Waals surface area contributed by atoms with Crippen LogP contribution in [-0.4, -0.2) is 49.8 Å². The second kappa shape index (κ2) is 6.68. The van der Waals surface area contributed by atoms with Gasteiger partial charge in [0.15, 0.2) is 0 Å². The van der Waals surface area contributed by atoms with E-state index in [1.807, 2.05) is 11.3 Å².